The van der Waals surface area contributed by atoms with Crippen LogP contribution in [0.4, 0.5) is 5.69 Å². The number of rotatable bonds is 3. The number of nitrogens with one attached hydrogen (secondary N) is 1. The van der Waals surface area contributed by atoms with E-state index in [1.54, 1.807) is 26.0 Å². The lowest BCUT2D eigenvalue weighted by Gasteiger charge is -2.14. The highest BCUT2D eigenvalue weighted by Gasteiger charge is 2.33. The second-order valence-electron chi connectivity index (χ2n) is 5.44. The average Bonchev–Trinajstić information content (AvgIpc) is 2.89. The summed E-state index contributed by atoms with van der Waals surface area (Å²) in [5.74, 6) is -1.50. The fourth-order valence-electron chi connectivity index (χ4n) is 2.65. The van der Waals surface area contributed by atoms with Gasteiger partial charge in [0.2, 0.25) is 5.91 Å². The molecule has 108 valence electrons. The summed E-state index contributed by atoms with van der Waals surface area (Å²) in [7, 11) is 0. The minimum absolute atomic E-state index is 0.167. The summed E-state index contributed by atoms with van der Waals surface area (Å²) in [5.41, 5.74) is 1.97. The lowest BCUT2D eigenvalue weighted by Crippen LogP contribution is -2.22. The third-order valence-electron chi connectivity index (χ3n) is 4.04. The molecule has 1 aliphatic carbocycles. The average molecular weight is 277 g/mol. The summed E-state index contributed by atoms with van der Waals surface area (Å²) >= 11 is 0. The Kier molecular flexibility index (Phi) is 3.97. The fourth-order valence-corrected chi connectivity index (χ4v) is 2.65. The van der Waals surface area contributed by atoms with Gasteiger partial charge in [0.15, 0.2) is 0 Å². The first-order valence-corrected chi connectivity index (χ1v) is 6.73. The first-order chi connectivity index (χ1) is 9.40. The number of aryl methyl sites for hydroxylation is 1. The largest absolute Gasteiger partial charge is 0.507 e. The SMILES string of the molecule is Cc1ccc(NC(=O)C2CCC(C(=O)O)C2)c(C)c1O. The van der Waals surface area contributed by atoms with Crippen molar-refractivity contribution in [3.8, 4) is 5.75 Å². The quantitative estimate of drug-likeness (QED) is 0.792. The van der Waals surface area contributed by atoms with Gasteiger partial charge in [-0.3, -0.25) is 9.59 Å². The van der Waals surface area contributed by atoms with Crippen LogP contribution in [0.3, 0.4) is 0 Å². The number of carbonyl (C=O) groups excluding carboxylic acids is 1. The molecule has 1 amide bonds. The van der Waals surface area contributed by atoms with E-state index in [1.807, 2.05) is 0 Å². The van der Waals surface area contributed by atoms with Crippen molar-refractivity contribution in [2.75, 3.05) is 5.32 Å². The van der Waals surface area contributed by atoms with Crippen molar-refractivity contribution in [2.24, 2.45) is 11.8 Å². The van der Waals surface area contributed by atoms with E-state index in [0.717, 1.165) is 5.56 Å². The lowest BCUT2D eigenvalue weighted by atomic mass is 10.0. The second kappa shape index (κ2) is 5.53. The van der Waals surface area contributed by atoms with Crippen molar-refractivity contribution in [1.29, 1.82) is 0 Å². The van der Waals surface area contributed by atoms with E-state index in [4.69, 9.17) is 5.11 Å². The Morgan fingerprint density at radius 3 is 2.45 bits per heavy atom. The molecule has 5 heteroatoms. The van der Waals surface area contributed by atoms with Gasteiger partial charge in [0.05, 0.1) is 5.92 Å². The van der Waals surface area contributed by atoms with Crippen LogP contribution in [0.5, 0.6) is 5.75 Å². The molecule has 0 saturated heterocycles. The van der Waals surface area contributed by atoms with Crippen molar-refractivity contribution in [2.45, 2.75) is 33.1 Å². The Bertz CT molecular complexity index is 553. The molecule has 0 radical (unpaired) electrons. The van der Waals surface area contributed by atoms with E-state index in [9.17, 15) is 14.7 Å². The Labute approximate surface area is 117 Å². The molecular formula is C15H19NO4. The number of hydrogen-bond donors (Lipinski definition) is 3. The van der Waals surface area contributed by atoms with E-state index in [0.29, 0.717) is 30.5 Å². The van der Waals surface area contributed by atoms with Gasteiger partial charge in [0, 0.05) is 17.2 Å². The van der Waals surface area contributed by atoms with Gasteiger partial charge in [0.25, 0.3) is 0 Å². The van der Waals surface area contributed by atoms with Crippen LogP contribution in [0.1, 0.15) is 30.4 Å². The van der Waals surface area contributed by atoms with Gasteiger partial charge in [-0.15, -0.1) is 0 Å². The van der Waals surface area contributed by atoms with Crippen LogP contribution >= 0.6 is 0 Å². The monoisotopic (exact) mass is 277 g/mol. The molecule has 3 N–H and O–H groups in total. The highest BCUT2D eigenvalue weighted by molar-refractivity contribution is 5.94. The van der Waals surface area contributed by atoms with Crippen LogP contribution in [0.25, 0.3) is 0 Å². The van der Waals surface area contributed by atoms with E-state index < -0.39 is 11.9 Å². The second-order valence-corrected chi connectivity index (χ2v) is 5.44. The summed E-state index contributed by atoms with van der Waals surface area (Å²) in [6.07, 6.45) is 1.53. The number of phenolic OH excluding ortho intramolecular Hbond substituents is 1. The van der Waals surface area contributed by atoms with Crippen molar-refractivity contribution < 1.29 is 19.8 Å². The van der Waals surface area contributed by atoms with Crippen LogP contribution in [0.2, 0.25) is 0 Å². The van der Waals surface area contributed by atoms with Gasteiger partial charge in [-0.1, -0.05) is 6.07 Å². The normalized spacial score (nSPS) is 21.7. The molecule has 2 rings (SSSR count). The number of aromatic hydroxyl groups is 1. The summed E-state index contributed by atoms with van der Waals surface area (Å²) < 4.78 is 0. The van der Waals surface area contributed by atoms with Crippen LogP contribution in [-0.4, -0.2) is 22.1 Å². The number of amides is 1. The highest BCUT2D eigenvalue weighted by Crippen LogP contribution is 2.33. The minimum atomic E-state index is -0.829. The van der Waals surface area contributed by atoms with E-state index in [2.05, 4.69) is 5.32 Å². The predicted molar refractivity (Wildman–Crippen MR) is 74.7 cm³/mol. The van der Waals surface area contributed by atoms with E-state index in [-0.39, 0.29) is 17.6 Å². The van der Waals surface area contributed by atoms with Crippen LogP contribution in [-0.2, 0) is 9.59 Å². The summed E-state index contributed by atoms with van der Waals surface area (Å²) in [6, 6.07) is 3.50. The van der Waals surface area contributed by atoms with Gasteiger partial charge < -0.3 is 15.5 Å². The zero-order valence-corrected chi connectivity index (χ0v) is 11.6. The molecule has 0 aliphatic heterocycles. The van der Waals surface area contributed by atoms with E-state index >= 15 is 0 Å². The molecule has 1 aliphatic rings. The summed E-state index contributed by atoms with van der Waals surface area (Å²) in [5, 5.41) is 21.6. The molecule has 0 heterocycles. The van der Waals surface area contributed by atoms with Gasteiger partial charge in [-0.25, -0.2) is 0 Å². The zero-order valence-electron chi connectivity index (χ0n) is 11.6. The molecule has 20 heavy (non-hydrogen) atoms. The number of anilines is 1. The third-order valence-corrected chi connectivity index (χ3v) is 4.04. The number of carbonyl (C=O) groups is 2. The maximum absolute atomic E-state index is 12.1. The molecular weight excluding hydrogens is 258 g/mol. The molecule has 2 atom stereocenters. The van der Waals surface area contributed by atoms with Gasteiger partial charge in [-0.05, 0) is 44.7 Å². The zero-order chi connectivity index (χ0) is 14.9. The molecule has 1 saturated carbocycles. The van der Waals surface area contributed by atoms with Crippen molar-refractivity contribution in [3.05, 3.63) is 23.3 Å². The van der Waals surface area contributed by atoms with E-state index in [1.165, 1.54) is 0 Å². The molecule has 1 aromatic carbocycles. The maximum Gasteiger partial charge on any atom is 0.306 e. The first kappa shape index (κ1) is 14.4. The molecule has 5 nitrogen and oxygen atoms in total. The standard InChI is InChI=1S/C15H19NO4/c1-8-3-6-12(9(2)13(8)17)16-14(18)10-4-5-11(7-10)15(19)20/h3,6,10-11,17H,4-5,7H2,1-2H3,(H,16,18)(H,19,20). The molecule has 0 bridgehead atoms. The van der Waals surface area contributed by atoms with Gasteiger partial charge >= 0.3 is 5.97 Å². The molecule has 0 aromatic heterocycles. The van der Waals surface area contributed by atoms with Crippen molar-refractivity contribution >= 4 is 17.6 Å². The Morgan fingerprint density at radius 2 is 1.85 bits per heavy atom. The van der Waals surface area contributed by atoms with Crippen LogP contribution < -0.4 is 5.32 Å². The van der Waals surface area contributed by atoms with Gasteiger partial charge in [0.1, 0.15) is 5.75 Å². The number of hydrogen-bond acceptors (Lipinski definition) is 3. The molecule has 1 fully saturated rings. The topological polar surface area (TPSA) is 86.6 Å². The lowest BCUT2D eigenvalue weighted by molar-refractivity contribution is -0.141. The number of aliphatic carboxylic acids is 1. The minimum Gasteiger partial charge on any atom is -0.507 e. The molecule has 1 aromatic rings. The smallest absolute Gasteiger partial charge is 0.306 e. The molecule has 0 spiro atoms. The number of phenols is 1. The highest BCUT2D eigenvalue weighted by atomic mass is 16.4. The van der Waals surface area contributed by atoms with Crippen LogP contribution in [0.15, 0.2) is 12.1 Å². The first-order valence-electron chi connectivity index (χ1n) is 6.73. The number of carboxylic acid groups (broad SMARTS) is 1. The Hall–Kier alpha value is -2.04. The summed E-state index contributed by atoms with van der Waals surface area (Å²) in [6.45, 7) is 3.54. The Balaban J connectivity index is 2.06. The van der Waals surface area contributed by atoms with Crippen molar-refractivity contribution in [1.82, 2.24) is 0 Å². The third kappa shape index (κ3) is 2.76. The Morgan fingerprint density at radius 1 is 1.20 bits per heavy atom. The summed E-state index contributed by atoms with van der Waals surface area (Å²) in [4.78, 5) is 23.0. The predicted octanol–water partition coefficient (Wildman–Crippen LogP) is 2.45. The molecule has 2 unspecified atom stereocenters. The number of benzene rings is 1. The van der Waals surface area contributed by atoms with Crippen molar-refractivity contribution in [3.63, 3.8) is 0 Å². The maximum atomic E-state index is 12.1. The fraction of sp³-hybridized carbons (Fsp3) is 0.467. The number of carboxylic acids is 1. The van der Waals surface area contributed by atoms with Crippen LogP contribution in [0, 0.1) is 25.7 Å². The van der Waals surface area contributed by atoms with Gasteiger partial charge in [-0.2, -0.15) is 0 Å².